The third-order valence-electron chi connectivity index (χ3n) is 5.77. The quantitative estimate of drug-likeness (QED) is 0.160. The van der Waals surface area contributed by atoms with Crippen LogP contribution in [-0.2, 0) is 0 Å². The van der Waals surface area contributed by atoms with Crippen LogP contribution < -0.4 is 0 Å². The van der Waals surface area contributed by atoms with Gasteiger partial charge in [-0.05, 0) is 41.5 Å². The molecule has 0 aliphatic heterocycles. The Morgan fingerprint density at radius 3 is 2.03 bits per heavy atom. The summed E-state index contributed by atoms with van der Waals surface area (Å²) in [6, 6.07) is 26.3. The zero-order valence-corrected chi connectivity index (χ0v) is 19.2. The van der Waals surface area contributed by atoms with E-state index in [0.29, 0.717) is 16.1 Å². The summed E-state index contributed by atoms with van der Waals surface area (Å²) in [5, 5.41) is 0.659. The molecule has 0 atom stereocenters. The maximum Gasteiger partial charge on any atom is 0.195 e. The van der Waals surface area contributed by atoms with Crippen molar-refractivity contribution in [2.24, 2.45) is 4.99 Å². The van der Waals surface area contributed by atoms with Crippen LogP contribution in [0.25, 0.3) is 6.08 Å². The molecule has 168 valence electrons. The largest absolute Gasteiger partial charge is 0.289 e. The van der Waals surface area contributed by atoms with Gasteiger partial charge in [0.05, 0.1) is 5.69 Å². The van der Waals surface area contributed by atoms with E-state index in [1.54, 1.807) is 66.9 Å². The van der Waals surface area contributed by atoms with Crippen molar-refractivity contribution in [3.8, 4) is 0 Å². The summed E-state index contributed by atoms with van der Waals surface area (Å²) in [6.07, 6.45) is 4.86. The van der Waals surface area contributed by atoms with Crippen molar-refractivity contribution in [3.05, 3.63) is 141 Å². The van der Waals surface area contributed by atoms with Gasteiger partial charge >= 0.3 is 0 Å². The van der Waals surface area contributed by atoms with Crippen molar-refractivity contribution >= 4 is 46.9 Å². The predicted molar refractivity (Wildman–Crippen MR) is 138 cm³/mol. The summed E-state index contributed by atoms with van der Waals surface area (Å²) < 4.78 is 0. The van der Waals surface area contributed by atoms with Gasteiger partial charge in [-0.1, -0.05) is 84.4 Å². The fraction of sp³-hybridized carbons (Fsp3) is 0. The predicted octanol–water partition coefficient (Wildman–Crippen LogP) is 6.76. The lowest BCUT2D eigenvalue weighted by Crippen LogP contribution is -2.23. The molecule has 0 bridgehead atoms. The Hall–Kier alpha value is -4.41. The number of aliphatic imine (C=N–C) groups is 1. The van der Waals surface area contributed by atoms with E-state index in [9.17, 15) is 14.4 Å². The third kappa shape index (κ3) is 4.52. The molecule has 0 aromatic heterocycles. The van der Waals surface area contributed by atoms with Crippen molar-refractivity contribution in [1.29, 1.82) is 0 Å². The first kappa shape index (κ1) is 22.4. The van der Waals surface area contributed by atoms with Crippen LogP contribution in [0.4, 0.5) is 5.69 Å². The highest BCUT2D eigenvalue weighted by Crippen LogP contribution is 2.30. The van der Waals surface area contributed by atoms with E-state index in [1.807, 2.05) is 36.4 Å². The van der Waals surface area contributed by atoms with E-state index in [-0.39, 0.29) is 34.0 Å². The third-order valence-corrected chi connectivity index (χ3v) is 6.02. The van der Waals surface area contributed by atoms with Gasteiger partial charge in [0.15, 0.2) is 17.3 Å². The molecule has 0 saturated heterocycles. The summed E-state index contributed by atoms with van der Waals surface area (Å²) in [5.41, 5.74) is 3.86. The van der Waals surface area contributed by atoms with Crippen LogP contribution in [0, 0.1) is 0 Å². The summed E-state index contributed by atoms with van der Waals surface area (Å²) in [7, 11) is 0. The fourth-order valence-corrected chi connectivity index (χ4v) is 4.11. The Bertz CT molecular complexity index is 1530. The molecule has 1 aliphatic carbocycles. The molecule has 0 spiro atoms. The lowest BCUT2D eigenvalue weighted by atomic mass is 9.81. The van der Waals surface area contributed by atoms with Gasteiger partial charge in [-0.2, -0.15) is 0 Å². The number of nitrogens with zero attached hydrogens (tertiary/aromatic N) is 1. The minimum absolute atomic E-state index is 0.166. The molecule has 4 aromatic rings. The van der Waals surface area contributed by atoms with Gasteiger partial charge in [-0.25, -0.2) is 0 Å². The second-order valence-corrected chi connectivity index (χ2v) is 8.47. The second-order valence-electron chi connectivity index (χ2n) is 8.03. The van der Waals surface area contributed by atoms with Gasteiger partial charge in [0.25, 0.3) is 0 Å². The van der Waals surface area contributed by atoms with Gasteiger partial charge in [0.2, 0.25) is 0 Å². The van der Waals surface area contributed by atoms with E-state index in [0.717, 1.165) is 16.8 Å². The van der Waals surface area contributed by atoms with Crippen molar-refractivity contribution < 1.29 is 14.4 Å². The average molecular weight is 476 g/mol. The van der Waals surface area contributed by atoms with Crippen LogP contribution in [0.3, 0.4) is 0 Å². The molecule has 0 unspecified atom stereocenters. The minimum Gasteiger partial charge on any atom is -0.289 e. The maximum atomic E-state index is 13.1. The van der Waals surface area contributed by atoms with Gasteiger partial charge in [-0.3, -0.25) is 19.4 Å². The second kappa shape index (κ2) is 9.45. The Morgan fingerprint density at radius 2 is 1.31 bits per heavy atom. The van der Waals surface area contributed by atoms with Crippen molar-refractivity contribution in [2.75, 3.05) is 0 Å². The Morgan fingerprint density at radius 1 is 0.686 bits per heavy atom. The monoisotopic (exact) mass is 475 g/mol. The molecule has 1 aliphatic rings. The minimum atomic E-state index is -0.337. The first-order valence-electron chi connectivity index (χ1n) is 10.9. The van der Waals surface area contributed by atoms with Crippen molar-refractivity contribution in [1.82, 2.24) is 0 Å². The molecule has 0 fully saturated rings. The molecule has 4 aromatic carbocycles. The van der Waals surface area contributed by atoms with E-state index < -0.39 is 0 Å². The number of carbonyl (C=O) groups excluding carboxylic acids is 3. The molecule has 0 amide bonds. The zero-order valence-electron chi connectivity index (χ0n) is 18.4. The molecule has 5 rings (SSSR count). The zero-order chi connectivity index (χ0) is 24.4. The van der Waals surface area contributed by atoms with Crippen LogP contribution in [0.15, 0.2) is 102 Å². The maximum absolute atomic E-state index is 13.1. The van der Waals surface area contributed by atoms with E-state index in [1.165, 1.54) is 6.08 Å². The van der Waals surface area contributed by atoms with Crippen LogP contribution in [0.2, 0.25) is 5.02 Å². The number of ketones is 3. The SMILES string of the molecule is O=C(/C=C/c1ccc(C=Nc2ccc(Cl)cc2)cc1)c1cccc2c1C(=O)c1ccccc1C2=O. The summed E-state index contributed by atoms with van der Waals surface area (Å²) in [6.45, 7) is 0. The normalized spacial score (nSPS) is 12.7. The molecule has 0 radical (unpaired) electrons. The van der Waals surface area contributed by atoms with E-state index >= 15 is 0 Å². The summed E-state index contributed by atoms with van der Waals surface area (Å²) >= 11 is 5.89. The average Bonchev–Trinajstić information content (AvgIpc) is 2.90. The lowest BCUT2D eigenvalue weighted by molar-refractivity contribution is 0.0972. The topological polar surface area (TPSA) is 63.6 Å². The van der Waals surface area contributed by atoms with Crippen LogP contribution in [0.5, 0.6) is 0 Å². The number of benzene rings is 4. The van der Waals surface area contributed by atoms with Crippen LogP contribution in [0.1, 0.15) is 53.3 Å². The van der Waals surface area contributed by atoms with Gasteiger partial charge in [-0.15, -0.1) is 0 Å². The van der Waals surface area contributed by atoms with E-state index in [4.69, 9.17) is 11.6 Å². The summed E-state index contributed by atoms with van der Waals surface area (Å²) in [5.74, 6) is -0.891. The van der Waals surface area contributed by atoms with Crippen molar-refractivity contribution in [3.63, 3.8) is 0 Å². The highest BCUT2D eigenvalue weighted by Gasteiger charge is 2.32. The number of hydrogen-bond donors (Lipinski definition) is 0. The Kier molecular flexibility index (Phi) is 6.04. The highest BCUT2D eigenvalue weighted by molar-refractivity contribution is 6.31. The summed E-state index contributed by atoms with van der Waals surface area (Å²) in [4.78, 5) is 43.5. The standard InChI is InChI=1S/C30H18ClNO3/c31-21-13-15-22(16-14-21)32-18-20-10-8-19(9-11-20)12-17-27(33)25-6-3-7-26-28(25)30(35)24-5-2-1-4-23(24)29(26)34/h1-18H/b17-12+,32-18?. The van der Waals surface area contributed by atoms with Gasteiger partial charge < -0.3 is 0 Å². The smallest absolute Gasteiger partial charge is 0.195 e. The molecular formula is C30H18ClNO3. The number of halogens is 1. The number of allylic oxidation sites excluding steroid dienone is 1. The Balaban J connectivity index is 1.36. The highest BCUT2D eigenvalue weighted by atomic mass is 35.5. The fourth-order valence-electron chi connectivity index (χ4n) is 3.98. The molecule has 4 nitrogen and oxygen atoms in total. The van der Waals surface area contributed by atoms with Gasteiger partial charge in [0.1, 0.15) is 0 Å². The van der Waals surface area contributed by atoms with Crippen LogP contribution in [-0.4, -0.2) is 23.6 Å². The van der Waals surface area contributed by atoms with E-state index in [2.05, 4.69) is 4.99 Å². The number of rotatable bonds is 5. The number of hydrogen-bond acceptors (Lipinski definition) is 4. The molecule has 0 heterocycles. The Labute approximate surface area is 207 Å². The molecule has 0 saturated carbocycles. The molecule has 0 N–H and O–H groups in total. The molecule has 35 heavy (non-hydrogen) atoms. The first-order chi connectivity index (χ1) is 17.0. The first-order valence-corrected chi connectivity index (χ1v) is 11.3. The number of carbonyl (C=O) groups is 3. The molecular weight excluding hydrogens is 458 g/mol. The lowest BCUT2D eigenvalue weighted by Gasteiger charge is -2.19. The van der Waals surface area contributed by atoms with Gasteiger partial charge in [0, 0.05) is 39.1 Å². The number of fused-ring (bicyclic) bond motifs is 2. The molecule has 5 heteroatoms. The van der Waals surface area contributed by atoms with Crippen LogP contribution >= 0.6 is 11.6 Å². The van der Waals surface area contributed by atoms with Crippen molar-refractivity contribution in [2.45, 2.75) is 0 Å².